The van der Waals surface area contributed by atoms with Crippen LogP contribution < -0.4 is 5.32 Å². The van der Waals surface area contributed by atoms with Crippen molar-refractivity contribution in [2.24, 2.45) is 0 Å². The number of benzene rings is 1. The molecule has 1 atom stereocenters. The smallest absolute Gasteiger partial charge is 0.156 e. The van der Waals surface area contributed by atoms with Gasteiger partial charge in [0, 0.05) is 18.0 Å². The summed E-state index contributed by atoms with van der Waals surface area (Å²) in [6, 6.07) is 8.57. The van der Waals surface area contributed by atoms with Crippen molar-refractivity contribution in [1.82, 2.24) is 14.9 Å². The maximum absolute atomic E-state index is 9.29. The van der Waals surface area contributed by atoms with Crippen molar-refractivity contribution in [3.8, 4) is 0 Å². The lowest BCUT2D eigenvalue weighted by Crippen LogP contribution is -2.27. The molecule has 2 N–H and O–H groups in total. The number of likely N-dealkylation sites (tertiary alicyclic amines) is 1. The fraction of sp³-hybridized carbons (Fsp3) is 0.500. The monoisotopic (exact) mass is 286 g/mol. The molecule has 1 unspecified atom stereocenters. The summed E-state index contributed by atoms with van der Waals surface area (Å²) in [5, 5.41) is 13.7. The van der Waals surface area contributed by atoms with Crippen LogP contribution in [0, 0.1) is 0 Å². The molecular formula is C16H22N4O. The lowest BCUT2D eigenvalue weighted by molar-refractivity contribution is 0.272. The molecule has 1 aromatic heterocycles. The Balaban J connectivity index is 1.73. The molecule has 1 aromatic carbocycles. The van der Waals surface area contributed by atoms with Crippen molar-refractivity contribution in [1.29, 1.82) is 0 Å². The first-order valence-electron chi connectivity index (χ1n) is 7.58. The van der Waals surface area contributed by atoms with E-state index in [1.165, 1.54) is 19.4 Å². The minimum absolute atomic E-state index is 0.134. The van der Waals surface area contributed by atoms with E-state index in [-0.39, 0.29) is 6.61 Å². The normalized spacial score (nSPS) is 19.2. The summed E-state index contributed by atoms with van der Waals surface area (Å²) in [6.45, 7) is 1.96. The number of fused-ring (bicyclic) bond motifs is 1. The molecule has 1 aliphatic heterocycles. The number of hydrogen-bond donors (Lipinski definition) is 2. The van der Waals surface area contributed by atoms with Crippen molar-refractivity contribution in [3.63, 3.8) is 0 Å². The second kappa shape index (κ2) is 6.37. The Kier molecular flexibility index (Phi) is 4.31. The highest BCUT2D eigenvalue weighted by atomic mass is 16.3. The molecule has 0 amide bonds. The molecule has 2 heterocycles. The number of rotatable bonds is 5. The number of aliphatic hydroxyl groups is 1. The van der Waals surface area contributed by atoms with Gasteiger partial charge < -0.3 is 15.3 Å². The molecule has 1 aliphatic rings. The summed E-state index contributed by atoms with van der Waals surface area (Å²) in [7, 11) is 2.20. The van der Waals surface area contributed by atoms with Crippen LogP contribution in [0.3, 0.4) is 0 Å². The van der Waals surface area contributed by atoms with Crippen LogP contribution in [0.5, 0.6) is 0 Å². The van der Waals surface area contributed by atoms with Crippen molar-refractivity contribution < 1.29 is 5.11 Å². The SMILES string of the molecule is CN1CCCC1CCNc1nc(CO)nc2ccccc12. The Morgan fingerprint density at radius 1 is 1.33 bits per heavy atom. The topological polar surface area (TPSA) is 61.3 Å². The van der Waals surface area contributed by atoms with E-state index in [2.05, 4.69) is 27.2 Å². The molecule has 0 radical (unpaired) electrons. The van der Waals surface area contributed by atoms with E-state index in [4.69, 9.17) is 0 Å². The molecule has 0 bridgehead atoms. The van der Waals surface area contributed by atoms with E-state index in [0.29, 0.717) is 11.9 Å². The van der Waals surface area contributed by atoms with Gasteiger partial charge >= 0.3 is 0 Å². The van der Waals surface area contributed by atoms with E-state index >= 15 is 0 Å². The molecule has 21 heavy (non-hydrogen) atoms. The average molecular weight is 286 g/mol. The van der Waals surface area contributed by atoms with Crippen LogP contribution >= 0.6 is 0 Å². The van der Waals surface area contributed by atoms with Gasteiger partial charge in [-0.15, -0.1) is 0 Å². The Labute approximate surface area is 125 Å². The molecule has 3 rings (SSSR count). The minimum Gasteiger partial charge on any atom is -0.388 e. The lowest BCUT2D eigenvalue weighted by Gasteiger charge is -2.19. The van der Waals surface area contributed by atoms with E-state index in [1.807, 2.05) is 24.3 Å². The molecule has 0 spiro atoms. The zero-order chi connectivity index (χ0) is 14.7. The second-order valence-electron chi connectivity index (χ2n) is 5.66. The first kappa shape index (κ1) is 14.2. The summed E-state index contributed by atoms with van der Waals surface area (Å²) in [5.74, 6) is 1.29. The average Bonchev–Trinajstić information content (AvgIpc) is 2.92. The molecule has 5 nitrogen and oxygen atoms in total. The second-order valence-corrected chi connectivity index (χ2v) is 5.66. The number of nitrogens with one attached hydrogen (secondary N) is 1. The number of anilines is 1. The van der Waals surface area contributed by atoms with Crippen molar-refractivity contribution >= 4 is 16.7 Å². The van der Waals surface area contributed by atoms with Crippen LogP contribution in [0.2, 0.25) is 0 Å². The minimum atomic E-state index is -0.134. The van der Waals surface area contributed by atoms with Gasteiger partial charge in [-0.2, -0.15) is 0 Å². The van der Waals surface area contributed by atoms with Gasteiger partial charge in [-0.25, -0.2) is 9.97 Å². The summed E-state index contributed by atoms with van der Waals surface area (Å²) in [6.07, 6.45) is 3.69. The first-order chi connectivity index (χ1) is 10.3. The Morgan fingerprint density at radius 3 is 2.95 bits per heavy atom. The van der Waals surface area contributed by atoms with Gasteiger partial charge in [0.1, 0.15) is 12.4 Å². The number of para-hydroxylation sites is 1. The molecule has 2 aromatic rings. The highest BCUT2D eigenvalue weighted by Crippen LogP contribution is 2.21. The van der Waals surface area contributed by atoms with E-state index < -0.39 is 0 Å². The van der Waals surface area contributed by atoms with Crippen LogP contribution in [-0.4, -0.2) is 46.2 Å². The van der Waals surface area contributed by atoms with Crippen LogP contribution in [-0.2, 0) is 6.61 Å². The van der Waals surface area contributed by atoms with E-state index in [9.17, 15) is 5.11 Å². The fourth-order valence-corrected chi connectivity index (χ4v) is 3.03. The summed E-state index contributed by atoms with van der Waals surface area (Å²) < 4.78 is 0. The zero-order valence-corrected chi connectivity index (χ0v) is 12.4. The molecule has 1 saturated heterocycles. The Morgan fingerprint density at radius 2 is 2.19 bits per heavy atom. The maximum atomic E-state index is 9.29. The van der Waals surface area contributed by atoms with Gasteiger partial charge in [-0.05, 0) is 45.0 Å². The van der Waals surface area contributed by atoms with Gasteiger partial charge in [0.15, 0.2) is 5.82 Å². The fourth-order valence-electron chi connectivity index (χ4n) is 3.03. The number of aromatic nitrogens is 2. The van der Waals surface area contributed by atoms with E-state index in [0.717, 1.165) is 29.7 Å². The number of hydrogen-bond acceptors (Lipinski definition) is 5. The molecule has 0 saturated carbocycles. The largest absolute Gasteiger partial charge is 0.388 e. The highest BCUT2D eigenvalue weighted by Gasteiger charge is 2.20. The number of nitrogens with zero attached hydrogens (tertiary/aromatic N) is 3. The van der Waals surface area contributed by atoms with Gasteiger partial charge in [-0.1, -0.05) is 12.1 Å². The lowest BCUT2D eigenvalue weighted by atomic mass is 10.1. The van der Waals surface area contributed by atoms with Gasteiger partial charge in [0.05, 0.1) is 5.52 Å². The van der Waals surface area contributed by atoms with Crippen LogP contribution in [0.1, 0.15) is 25.1 Å². The molecular weight excluding hydrogens is 264 g/mol. The Bertz CT molecular complexity index is 616. The third kappa shape index (κ3) is 3.14. The predicted molar refractivity (Wildman–Crippen MR) is 84.2 cm³/mol. The third-order valence-corrected chi connectivity index (χ3v) is 4.23. The van der Waals surface area contributed by atoms with Gasteiger partial charge in [0.2, 0.25) is 0 Å². The maximum Gasteiger partial charge on any atom is 0.156 e. The first-order valence-corrected chi connectivity index (χ1v) is 7.58. The summed E-state index contributed by atoms with van der Waals surface area (Å²) in [5.41, 5.74) is 0.872. The summed E-state index contributed by atoms with van der Waals surface area (Å²) in [4.78, 5) is 11.2. The van der Waals surface area contributed by atoms with Gasteiger partial charge in [-0.3, -0.25) is 0 Å². The van der Waals surface area contributed by atoms with Crippen LogP contribution in [0.4, 0.5) is 5.82 Å². The summed E-state index contributed by atoms with van der Waals surface area (Å²) >= 11 is 0. The number of aliphatic hydroxyl groups excluding tert-OH is 1. The van der Waals surface area contributed by atoms with Crippen LogP contribution in [0.15, 0.2) is 24.3 Å². The quantitative estimate of drug-likeness (QED) is 0.880. The molecule has 0 aliphatic carbocycles. The van der Waals surface area contributed by atoms with Gasteiger partial charge in [0.25, 0.3) is 0 Å². The zero-order valence-electron chi connectivity index (χ0n) is 12.4. The van der Waals surface area contributed by atoms with E-state index in [1.54, 1.807) is 0 Å². The molecule has 1 fully saturated rings. The third-order valence-electron chi connectivity index (χ3n) is 4.23. The predicted octanol–water partition coefficient (Wildman–Crippen LogP) is 2.02. The molecule has 112 valence electrons. The van der Waals surface area contributed by atoms with Crippen molar-refractivity contribution in [2.45, 2.75) is 31.9 Å². The Hall–Kier alpha value is -1.72. The van der Waals surface area contributed by atoms with Crippen molar-refractivity contribution in [2.75, 3.05) is 25.5 Å². The van der Waals surface area contributed by atoms with Crippen LogP contribution in [0.25, 0.3) is 10.9 Å². The van der Waals surface area contributed by atoms with Crippen molar-refractivity contribution in [3.05, 3.63) is 30.1 Å². The highest BCUT2D eigenvalue weighted by molar-refractivity contribution is 5.88. The standard InChI is InChI=1S/C16H22N4O/c1-20-10-4-5-12(20)8-9-17-16-13-6-2-3-7-14(13)18-15(11-21)19-16/h2-3,6-7,12,21H,4-5,8-11H2,1H3,(H,17,18,19). The molecule has 5 heteroatoms.